The fourth-order valence-corrected chi connectivity index (χ4v) is 4.15. The van der Waals surface area contributed by atoms with Crippen molar-refractivity contribution in [3.8, 4) is 17.2 Å². The highest BCUT2D eigenvalue weighted by Gasteiger charge is 2.33. The number of hydrogen-bond donors (Lipinski definition) is 2. The van der Waals surface area contributed by atoms with Crippen LogP contribution in [0.5, 0.6) is 17.2 Å². The third kappa shape index (κ3) is 3.02. The number of H-pyrrole nitrogens is 1. The van der Waals surface area contributed by atoms with E-state index in [0.717, 1.165) is 16.6 Å². The largest absolute Gasteiger partial charge is 0.493 e. The summed E-state index contributed by atoms with van der Waals surface area (Å²) in [4.78, 5) is 18.3. The predicted molar refractivity (Wildman–Crippen MR) is 114 cm³/mol. The van der Waals surface area contributed by atoms with E-state index in [2.05, 4.69) is 4.98 Å². The molecule has 1 aliphatic rings. The molecule has 8 heteroatoms. The Bertz CT molecular complexity index is 1100. The fraction of sp³-hybridized carbons (Fsp3) is 0.286. The van der Waals surface area contributed by atoms with E-state index in [9.17, 15) is 4.79 Å². The molecule has 3 N–H and O–H groups in total. The van der Waals surface area contributed by atoms with Crippen LogP contribution in [-0.2, 0) is 0 Å². The first-order chi connectivity index (χ1) is 14.0. The standard InChI is InChI=1S/C21H22ClN3O4/c1-27-17-7-11-6-15(24-18(11)20(29-3)19(17)28-2)21(26)25-10-12(9-22)14-5-4-13(23)8-16(14)25/h4-8,12,24H,9-10,23H2,1-3H3/t12-/m0/s1. The molecule has 0 fully saturated rings. The number of nitrogens with two attached hydrogens (primary N) is 1. The molecule has 1 aliphatic heterocycles. The lowest BCUT2D eigenvalue weighted by Crippen LogP contribution is -2.30. The lowest BCUT2D eigenvalue weighted by molar-refractivity contribution is 0.0984. The van der Waals surface area contributed by atoms with Crippen LogP contribution in [0.3, 0.4) is 0 Å². The second-order valence-corrected chi connectivity index (χ2v) is 7.19. The molecular formula is C21H22ClN3O4. The van der Waals surface area contributed by atoms with Crippen molar-refractivity contribution in [1.29, 1.82) is 0 Å². The van der Waals surface area contributed by atoms with E-state index in [-0.39, 0.29) is 11.8 Å². The second kappa shape index (κ2) is 7.40. The maximum Gasteiger partial charge on any atom is 0.274 e. The normalized spacial score (nSPS) is 15.4. The van der Waals surface area contributed by atoms with Gasteiger partial charge in [0.15, 0.2) is 11.5 Å². The molecule has 4 rings (SSSR count). The van der Waals surface area contributed by atoms with Crippen LogP contribution in [0.2, 0.25) is 0 Å². The summed E-state index contributed by atoms with van der Waals surface area (Å²) >= 11 is 6.14. The number of aromatic amines is 1. The van der Waals surface area contributed by atoms with Gasteiger partial charge in [0, 0.05) is 35.1 Å². The first-order valence-corrected chi connectivity index (χ1v) is 9.64. The number of ether oxygens (including phenoxy) is 3. The summed E-state index contributed by atoms with van der Waals surface area (Å²) in [5.74, 6) is 1.79. The first kappa shape index (κ1) is 19.3. The Morgan fingerprint density at radius 2 is 1.93 bits per heavy atom. The van der Waals surface area contributed by atoms with Crippen molar-refractivity contribution in [2.75, 3.05) is 44.4 Å². The number of carbonyl (C=O) groups is 1. The predicted octanol–water partition coefficient (Wildman–Crippen LogP) is 3.76. The van der Waals surface area contributed by atoms with Crippen LogP contribution in [0.1, 0.15) is 22.0 Å². The van der Waals surface area contributed by atoms with Crippen molar-refractivity contribution in [2.24, 2.45) is 0 Å². The van der Waals surface area contributed by atoms with Gasteiger partial charge < -0.3 is 29.8 Å². The highest BCUT2D eigenvalue weighted by molar-refractivity contribution is 6.19. The summed E-state index contributed by atoms with van der Waals surface area (Å²) in [6, 6.07) is 9.17. The Morgan fingerprint density at radius 1 is 1.17 bits per heavy atom. The molecule has 0 bridgehead atoms. The van der Waals surface area contributed by atoms with E-state index in [4.69, 9.17) is 31.5 Å². The number of aromatic nitrogens is 1. The number of benzene rings is 2. The van der Waals surface area contributed by atoms with Crippen LogP contribution in [0.4, 0.5) is 11.4 Å². The fourth-order valence-electron chi connectivity index (χ4n) is 3.89. The van der Waals surface area contributed by atoms with Crippen molar-refractivity contribution in [3.63, 3.8) is 0 Å². The molecule has 1 atom stereocenters. The van der Waals surface area contributed by atoms with E-state index < -0.39 is 0 Å². The molecule has 2 aromatic carbocycles. The first-order valence-electron chi connectivity index (χ1n) is 9.11. The van der Waals surface area contributed by atoms with Gasteiger partial charge in [-0.3, -0.25) is 4.79 Å². The van der Waals surface area contributed by atoms with Gasteiger partial charge in [0.1, 0.15) is 5.69 Å². The van der Waals surface area contributed by atoms with E-state index in [0.29, 0.717) is 46.6 Å². The number of nitrogens with one attached hydrogen (secondary N) is 1. The molecule has 0 radical (unpaired) electrons. The lowest BCUT2D eigenvalue weighted by atomic mass is 10.0. The number of fused-ring (bicyclic) bond motifs is 2. The molecule has 0 saturated heterocycles. The number of rotatable bonds is 5. The summed E-state index contributed by atoms with van der Waals surface area (Å²) in [5, 5.41) is 0.781. The highest BCUT2D eigenvalue weighted by Crippen LogP contribution is 2.44. The Balaban J connectivity index is 1.80. The van der Waals surface area contributed by atoms with Crippen molar-refractivity contribution < 1.29 is 19.0 Å². The van der Waals surface area contributed by atoms with Crippen LogP contribution in [0.15, 0.2) is 30.3 Å². The molecule has 3 aromatic rings. The van der Waals surface area contributed by atoms with Gasteiger partial charge >= 0.3 is 0 Å². The zero-order valence-electron chi connectivity index (χ0n) is 16.4. The summed E-state index contributed by atoms with van der Waals surface area (Å²) in [7, 11) is 4.64. The van der Waals surface area contributed by atoms with Crippen LogP contribution < -0.4 is 24.8 Å². The summed E-state index contributed by atoms with van der Waals surface area (Å²) in [5.41, 5.74) is 9.47. The van der Waals surface area contributed by atoms with E-state index in [1.807, 2.05) is 18.2 Å². The average Bonchev–Trinajstić information content (AvgIpc) is 3.32. The van der Waals surface area contributed by atoms with E-state index in [1.165, 1.54) is 0 Å². The summed E-state index contributed by atoms with van der Waals surface area (Å²) in [6.45, 7) is 0.500. The van der Waals surface area contributed by atoms with Crippen LogP contribution in [-0.4, -0.2) is 44.6 Å². The van der Waals surface area contributed by atoms with Gasteiger partial charge in [0.05, 0.1) is 26.8 Å². The van der Waals surface area contributed by atoms with Gasteiger partial charge in [-0.2, -0.15) is 0 Å². The molecule has 0 aliphatic carbocycles. The van der Waals surface area contributed by atoms with Gasteiger partial charge in [-0.1, -0.05) is 6.07 Å². The second-order valence-electron chi connectivity index (χ2n) is 6.88. The Kier molecular flexibility index (Phi) is 4.92. The number of amides is 1. The number of hydrogen-bond acceptors (Lipinski definition) is 5. The van der Waals surface area contributed by atoms with E-state index >= 15 is 0 Å². The smallest absolute Gasteiger partial charge is 0.274 e. The molecule has 29 heavy (non-hydrogen) atoms. The molecular weight excluding hydrogens is 394 g/mol. The molecule has 7 nitrogen and oxygen atoms in total. The monoisotopic (exact) mass is 415 g/mol. The van der Waals surface area contributed by atoms with Gasteiger partial charge in [-0.05, 0) is 29.8 Å². The molecule has 1 amide bonds. The molecule has 0 saturated carbocycles. The van der Waals surface area contributed by atoms with Crippen molar-refractivity contribution in [1.82, 2.24) is 4.98 Å². The van der Waals surface area contributed by atoms with Gasteiger partial charge in [-0.15, -0.1) is 11.6 Å². The third-order valence-corrected chi connectivity index (χ3v) is 5.64. The summed E-state index contributed by atoms with van der Waals surface area (Å²) in [6.07, 6.45) is 0. The number of methoxy groups -OCH3 is 3. The Labute approximate surface area is 173 Å². The third-order valence-electron chi connectivity index (χ3n) is 5.27. The number of alkyl halides is 1. The lowest BCUT2D eigenvalue weighted by Gasteiger charge is -2.17. The zero-order valence-corrected chi connectivity index (χ0v) is 17.2. The Hall–Kier alpha value is -3.06. The topological polar surface area (TPSA) is 89.8 Å². The van der Waals surface area contributed by atoms with Crippen LogP contribution in [0, 0.1) is 0 Å². The Morgan fingerprint density at radius 3 is 2.59 bits per heavy atom. The molecule has 0 unspecified atom stereocenters. The number of nitrogen functional groups attached to an aromatic ring is 1. The van der Waals surface area contributed by atoms with Gasteiger partial charge in [0.2, 0.25) is 5.75 Å². The van der Waals surface area contributed by atoms with Crippen LogP contribution in [0.25, 0.3) is 10.9 Å². The average molecular weight is 416 g/mol. The maximum atomic E-state index is 13.4. The van der Waals surface area contributed by atoms with Gasteiger partial charge in [-0.25, -0.2) is 0 Å². The maximum absolute atomic E-state index is 13.4. The minimum atomic E-state index is -0.166. The minimum Gasteiger partial charge on any atom is -0.493 e. The number of anilines is 2. The molecule has 152 valence electrons. The van der Waals surface area contributed by atoms with Gasteiger partial charge in [0.25, 0.3) is 5.91 Å². The molecule has 1 aromatic heterocycles. The van der Waals surface area contributed by atoms with Crippen LogP contribution >= 0.6 is 11.6 Å². The summed E-state index contributed by atoms with van der Waals surface area (Å²) < 4.78 is 16.4. The number of halogens is 1. The number of nitrogens with zero attached hydrogens (tertiary/aromatic N) is 1. The molecule has 2 heterocycles. The van der Waals surface area contributed by atoms with E-state index in [1.54, 1.807) is 38.4 Å². The molecule has 0 spiro atoms. The zero-order chi connectivity index (χ0) is 20.7. The van der Waals surface area contributed by atoms with Crippen molar-refractivity contribution in [2.45, 2.75) is 5.92 Å². The highest BCUT2D eigenvalue weighted by atomic mass is 35.5. The minimum absolute atomic E-state index is 0.0651. The van der Waals surface area contributed by atoms with Crippen molar-refractivity contribution in [3.05, 3.63) is 41.6 Å². The quantitative estimate of drug-likeness (QED) is 0.489. The number of carbonyl (C=O) groups excluding carboxylic acids is 1. The van der Waals surface area contributed by atoms with Crippen molar-refractivity contribution >= 4 is 39.8 Å². The SMILES string of the molecule is COc1cc2cc(C(=O)N3C[C@H](CCl)c4ccc(N)cc43)[nH]c2c(OC)c1OC.